The molecule has 0 N–H and O–H groups in total. The molecule has 0 spiro atoms. The van der Waals surface area contributed by atoms with Crippen LogP contribution < -0.4 is 4.90 Å². The highest BCUT2D eigenvalue weighted by Gasteiger charge is 2.24. The lowest BCUT2D eigenvalue weighted by molar-refractivity contribution is 0.420. The summed E-state index contributed by atoms with van der Waals surface area (Å²) in [6.07, 6.45) is 3.18. The average Bonchev–Trinajstić information content (AvgIpc) is 2.86. The fourth-order valence-corrected chi connectivity index (χ4v) is 3.53. The number of anilines is 1. The summed E-state index contributed by atoms with van der Waals surface area (Å²) in [5.41, 5.74) is 1.95. The summed E-state index contributed by atoms with van der Waals surface area (Å²) in [6.45, 7) is 0.935. The van der Waals surface area contributed by atoms with E-state index in [0.717, 1.165) is 31.5 Å². The van der Waals surface area contributed by atoms with Gasteiger partial charge in [-0.05, 0) is 37.0 Å². The van der Waals surface area contributed by atoms with Gasteiger partial charge in [-0.25, -0.2) is 0 Å². The van der Waals surface area contributed by atoms with Crippen molar-refractivity contribution in [3.8, 4) is 0 Å². The summed E-state index contributed by atoms with van der Waals surface area (Å²) in [7, 11) is 0. The van der Waals surface area contributed by atoms with Gasteiger partial charge in [-0.15, -0.1) is 0 Å². The zero-order chi connectivity index (χ0) is 16.8. The Balaban J connectivity index is 1.88. The third kappa shape index (κ3) is 4.02. The number of hydrogen-bond acceptors (Lipinski definition) is 1. The Kier molecular flexibility index (Phi) is 5.63. The third-order valence-corrected chi connectivity index (χ3v) is 4.76. The molecule has 0 amide bonds. The molecule has 126 valence electrons. The summed E-state index contributed by atoms with van der Waals surface area (Å²) >= 11 is 0. The molecule has 0 bridgehead atoms. The molecular formula is C21H23F2N. The molecule has 1 fully saturated rings. The van der Waals surface area contributed by atoms with E-state index in [1.54, 1.807) is 12.1 Å². The Morgan fingerprint density at radius 2 is 1.54 bits per heavy atom. The minimum absolute atomic E-state index is 0.117. The van der Waals surface area contributed by atoms with E-state index >= 15 is 0 Å². The van der Waals surface area contributed by atoms with Crippen molar-refractivity contribution in [1.29, 1.82) is 0 Å². The molecular weight excluding hydrogens is 304 g/mol. The van der Waals surface area contributed by atoms with Gasteiger partial charge in [0.15, 0.2) is 0 Å². The molecule has 2 aromatic carbocycles. The largest absolute Gasteiger partial charge is 0.368 e. The van der Waals surface area contributed by atoms with Crippen molar-refractivity contribution in [3.63, 3.8) is 0 Å². The minimum Gasteiger partial charge on any atom is -0.368 e. The van der Waals surface area contributed by atoms with Crippen LogP contribution in [0.1, 0.15) is 37.7 Å². The molecule has 0 aliphatic carbocycles. The number of rotatable bonds is 4. The summed E-state index contributed by atoms with van der Waals surface area (Å²) in [5, 5.41) is 0. The zero-order valence-corrected chi connectivity index (χ0v) is 13.8. The van der Waals surface area contributed by atoms with Crippen molar-refractivity contribution in [2.45, 2.75) is 38.1 Å². The number of benzene rings is 2. The first-order valence-corrected chi connectivity index (χ1v) is 8.67. The van der Waals surface area contributed by atoms with Crippen LogP contribution in [-0.2, 0) is 0 Å². The van der Waals surface area contributed by atoms with Crippen LogP contribution in [0.5, 0.6) is 0 Å². The molecule has 3 heteroatoms. The maximum atomic E-state index is 13.6. The van der Waals surface area contributed by atoms with Crippen molar-refractivity contribution in [3.05, 3.63) is 72.3 Å². The van der Waals surface area contributed by atoms with Crippen LogP contribution in [0.2, 0.25) is 0 Å². The molecule has 1 aliphatic heterocycles. The molecule has 0 unspecified atom stereocenters. The van der Waals surface area contributed by atoms with Gasteiger partial charge in [-0.1, -0.05) is 61.4 Å². The molecule has 2 aromatic rings. The second-order valence-electron chi connectivity index (χ2n) is 6.34. The van der Waals surface area contributed by atoms with E-state index in [9.17, 15) is 8.78 Å². The van der Waals surface area contributed by atoms with Crippen LogP contribution >= 0.6 is 0 Å². The first kappa shape index (κ1) is 16.7. The quantitative estimate of drug-likeness (QED) is 0.652. The fourth-order valence-electron chi connectivity index (χ4n) is 3.53. The zero-order valence-electron chi connectivity index (χ0n) is 13.8. The molecule has 1 heterocycles. The van der Waals surface area contributed by atoms with Crippen molar-refractivity contribution < 1.29 is 8.78 Å². The summed E-state index contributed by atoms with van der Waals surface area (Å²) in [5.74, 6) is 0. The second-order valence-corrected chi connectivity index (χ2v) is 6.34. The third-order valence-electron chi connectivity index (χ3n) is 4.76. The molecule has 24 heavy (non-hydrogen) atoms. The Morgan fingerprint density at radius 1 is 0.875 bits per heavy atom. The summed E-state index contributed by atoms with van der Waals surface area (Å²) in [6, 6.07) is 19.4. The molecule has 3 rings (SSSR count). The van der Waals surface area contributed by atoms with Crippen molar-refractivity contribution in [2.75, 3.05) is 11.4 Å². The van der Waals surface area contributed by atoms with Gasteiger partial charge in [-0.2, -0.15) is 8.78 Å². The second kappa shape index (κ2) is 8.09. The molecule has 0 aromatic heterocycles. The molecule has 0 saturated carbocycles. The maximum Gasteiger partial charge on any atom is 0.274 e. The van der Waals surface area contributed by atoms with E-state index in [-0.39, 0.29) is 11.6 Å². The lowest BCUT2D eigenvalue weighted by Crippen LogP contribution is -2.35. The number of nitrogens with zero attached hydrogens (tertiary/aromatic N) is 1. The van der Waals surface area contributed by atoms with Gasteiger partial charge in [0.05, 0.1) is 0 Å². The normalized spacial score (nSPS) is 18.1. The van der Waals surface area contributed by atoms with Crippen molar-refractivity contribution in [2.24, 2.45) is 0 Å². The first-order chi connectivity index (χ1) is 11.8. The lowest BCUT2D eigenvalue weighted by Gasteiger charge is -2.33. The van der Waals surface area contributed by atoms with Crippen LogP contribution in [0.25, 0.3) is 5.57 Å². The Morgan fingerprint density at radius 3 is 2.21 bits per heavy atom. The van der Waals surface area contributed by atoms with Gasteiger partial charge in [-0.3, -0.25) is 0 Å². The van der Waals surface area contributed by atoms with Gasteiger partial charge in [0.2, 0.25) is 0 Å². The monoisotopic (exact) mass is 327 g/mol. The maximum absolute atomic E-state index is 13.6. The highest BCUT2D eigenvalue weighted by Crippen LogP contribution is 2.32. The predicted octanol–water partition coefficient (Wildman–Crippen LogP) is 6.13. The highest BCUT2D eigenvalue weighted by molar-refractivity contribution is 5.67. The van der Waals surface area contributed by atoms with Crippen LogP contribution in [0, 0.1) is 0 Å². The van der Waals surface area contributed by atoms with Crippen LogP contribution in [0.3, 0.4) is 0 Å². The predicted molar refractivity (Wildman–Crippen MR) is 96.2 cm³/mol. The Bertz CT molecular complexity index is 663. The van der Waals surface area contributed by atoms with E-state index in [1.807, 2.05) is 36.4 Å². The van der Waals surface area contributed by atoms with E-state index in [0.29, 0.717) is 12.0 Å². The first-order valence-electron chi connectivity index (χ1n) is 8.67. The summed E-state index contributed by atoms with van der Waals surface area (Å²) < 4.78 is 27.3. The minimum atomic E-state index is -1.56. The van der Waals surface area contributed by atoms with Gasteiger partial charge < -0.3 is 4.90 Å². The molecule has 1 nitrogen and oxygen atoms in total. The van der Waals surface area contributed by atoms with Crippen molar-refractivity contribution >= 4 is 11.3 Å². The van der Waals surface area contributed by atoms with Gasteiger partial charge in [0.1, 0.15) is 0 Å². The smallest absolute Gasteiger partial charge is 0.274 e. The Labute approximate surface area is 142 Å². The summed E-state index contributed by atoms with van der Waals surface area (Å²) in [4.78, 5) is 2.32. The van der Waals surface area contributed by atoms with E-state index in [2.05, 4.69) is 17.0 Å². The molecule has 0 radical (unpaired) electrons. The van der Waals surface area contributed by atoms with Gasteiger partial charge in [0.25, 0.3) is 6.08 Å². The molecule has 1 saturated heterocycles. The van der Waals surface area contributed by atoms with Crippen LogP contribution in [-0.4, -0.2) is 12.6 Å². The molecule has 1 atom stereocenters. The topological polar surface area (TPSA) is 3.24 Å². The highest BCUT2D eigenvalue weighted by atomic mass is 19.3. The standard InChI is InChI=1S/C21H23F2N/c22-21(23)20(17-10-4-1-5-11-17)16-19-14-8-3-9-15-24(19)18-12-6-2-7-13-18/h1-2,4-7,10-13,19H,3,8-9,14-16H2/t19-/m0/s1. The van der Waals surface area contributed by atoms with Gasteiger partial charge in [0, 0.05) is 23.8 Å². The lowest BCUT2D eigenvalue weighted by atomic mass is 9.96. The Hall–Kier alpha value is -2.16. The number of hydrogen-bond donors (Lipinski definition) is 0. The average molecular weight is 327 g/mol. The number of para-hydroxylation sites is 1. The van der Waals surface area contributed by atoms with Crippen LogP contribution in [0.15, 0.2) is 66.7 Å². The van der Waals surface area contributed by atoms with E-state index in [1.165, 1.54) is 6.42 Å². The SMILES string of the molecule is FC(F)=C(C[C@@H]1CCCCCN1c1ccccc1)c1ccccc1. The molecule has 1 aliphatic rings. The van der Waals surface area contributed by atoms with Gasteiger partial charge >= 0.3 is 0 Å². The van der Waals surface area contributed by atoms with Crippen molar-refractivity contribution in [1.82, 2.24) is 0 Å². The van der Waals surface area contributed by atoms with E-state index in [4.69, 9.17) is 0 Å². The fraction of sp³-hybridized carbons (Fsp3) is 0.333. The number of halogens is 2. The van der Waals surface area contributed by atoms with Crippen LogP contribution in [0.4, 0.5) is 14.5 Å². The van der Waals surface area contributed by atoms with E-state index < -0.39 is 6.08 Å².